The molecule has 3 nitrogen and oxygen atoms in total. The van der Waals surface area contributed by atoms with Crippen molar-refractivity contribution in [2.24, 2.45) is 11.8 Å². The third-order valence-corrected chi connectivity index (χ3v) is 4.44. The number of rotatable bonds is 6. The first-order chi connectivity index (χ1) is 10.1. The molecule has 4 heteroatoms. The Bertz CT molecular complexity index is 503. The van der Waals surface area contributed by atoms with Crippen molar-refractivity contribution in [1.29, 1.82) is 0 Å². The molecular weight excluding hydrogens is 296 g/mol. The minimum absolute atomic E-state index is 0.0225. The summed E-state index contributed by atoms with van der Waals surface area (Å²) in [6.45, 7) is 11.0. The topological polar surface area (TPSA) is 43.4 Å². The zero-order valence-electron chi connectivity index (χ0n) is 14.3. The minimum atomic E-state index is -0.565. The summed E-state index contributed by atoms with van der Waals surface area (Å²) in [7, 11) is 0. The normalized spacial score (nSPS) is 14.5. The van der Waals surface area contributed by atoms with Crippen molar-refractivity contribution in [1.82, 2.24) is 0 Å². The molecule has 1 aromatic rings. The fourth-order valence-electron chi connectivity index (χ4n) is 2.31. The summed E-state index contributed by atoms with van der Waals surface area (Å²) < 4.78 is 5.54. The SMILES string of the molecule is CC(=O)C(C(C)C)C(Sc1ccccc1)C(=O)OC(C)(C)C. The summed E-state index contributed by atoms with van der Waals surface area (Å²) in [5.41, 5.74) is -0.565. The first-order valence-electron chi connectivity index (χ1n) is 7.57. The van der Waals surface area contributed by atoms with E-state index in [0.717, 1.165) is 4.90 Å². The van der Waals surface area contributed by atoms with Crippen LogP contribution in [0.4, 0.5) is 0 Å². The van der Waals surface area contributed by atoms with Gasteiger partial charge < -0.3 is 4.74 Å². The van der Waals surface area contributed by atoms with E-state index in [4.69, 9.17) is 4.74 Å². The van der Waals surface area contributed by atoms with Crippen molar-refractivity contribution >= 4 is 23.5 Å². The van der Waals surface area contributed by atoms with Gasteiger partial charge in [0.1, 0.15) is 16.6 Å². The van der Waals surface area contributed by atoms with Crippen molar-refractivity contribution in [2.45, 2.75) is 57.3 Å². The van der Waals surface area contributed by atoms with E-state index in [9.17, 15) is 9.59 Å². The van der Waals surface area contributed by atoms with E-state index < -0.39 is 10.9 Å². The van der Waals surface area contributed by atoms with Crippen LogP contribution in [-0.4, -0.2) is 22.6 Å². The zero-order valence-corrected chi connectivity index (χ0v) is 15.1. The Balaban J connectivity index is 3.08. The predicted molar refractivity (Wildman–Crippen MR) is 90.9 cm³/mol. The van der Waals surface area contributed by atoms with Crippen LogP contribution in [-0.2, 0) is 14.3 Å². The van der Waals surface area contributed by atoms with Crippen molar-refractivity contribution < 1.29 is 14.3 Å². The van der Waals surface area contributed by atoms with Gasteiger partial charge in [-0.2, -0.15) is 0 Å². The van der Waals surface area contributed by atoms with Crippen LogP contribution < -0.4 is 0 Å². The average Bonchev–Trinajstić information content (AvgIpc) is 2.36. The van der Waals surface area contributed by atoms with Gasteiger partial charge in [-0.1, -0.05) is 32.0 Å². The highest BCUT2D eigenvalue weighted by Crippen LogP contribution is 2.34. The van der Waals surface area contributed by atoms with E-state index in [2.05, 4.69) is 0 Å². The highest BCUT2D eigenvalue weighted by Gasteiger charge is 2.37. The molecule has 0 bridgehead atoms. The summed E-state index contributed by atoms with van der Waals surface area (Å²) in [6, 6.07) is 9.66. The fraction of sp³-hybridized carbons (Fsp3) is 0.556. The molecule has 2 unspecified atom stereocenters. The predicted octanol–water partition coefficient (Wildman–Crippen LogP) is 4.35. The molecule has 0 spiro atoms. The number of thioether (sulfide) groups is 1. The quantitative estimate of drug-likeness (QED) is 0.577. The van der Waals surface area contributed by atoms with Crippen molar-refractivity contribution in [3.8, 4) is 0 Å². The number of benzene rings is 1. The maximum atomic E-state index is 12.6. The van der Waals surface area contributed by atoms with Crippen LogP contribution in [0.25, 0.3) is 0 Å². The molecule has 22 heavy (non-hydrogen) atoms. The molecule has 122 valence electrons. The van der Waals surface area contributed by atoms with Crippen molar-refractivity contribution in [3.63, 3.8) is 0 Å². The average molecular weight is 322 g/mol. The van der Waals surface area contributed by atoms with Crippen LogP contribution in [0.2, 0.25) is 0 Å². The van der Waals surface area contributed by atoms with Crippen LogP contribution >= 0.6 is 11.8 Å². The van der Waals surface area contributed by atoms with Crippen LogP contribution in [0, 0.1) is 11.8 Å². The van der Waals surface area contributed by atoms with Crippen LogP contribution in [0.15, 0.2) is 35.2 Å². The number of carbonyl (C=O) groups is 2. The number of ether oxygens (including phenoxy) is 1. The van der Waals surface area contributed by atoms with E-state index in [1.165, 1.54) is 11.8 Å². The standard InChI is InChI=1S/C18H26O3S/c1-12(2)15(13(3)19)16(17(20)21-18(4,5)6)22-14-10-8-7-9-11-14/h7-12,15-16H,1-6H3. The molecule has 0 aliphatic heterocycles. The Morgan fingerprint density at radius 3 is 2.05 bits per heavy atom. The number of ketones is 1. The Morgan fingerprint density at radius 1 is 1.09 bits per heavy atom. The molecule has 1 aromatic carbocycles. The first kappa shape index (κ1) is 18.8. The molecule has 0 aromatic heterocycles. The molecule has 0 saturated heterocycles. The van der Waals surface area contributed by atoms with Gasteiger partial charge in [-0.05, 0) is 45.7 Å². The zero-order chi connectivity index (χ0) is 16.9. The molecule has 0 heterocycles. The molecule has 0 fully saturated rings. The lowest BCUT2D eigenvalue weighted by Crippen LogP contribution is -2.39. The van der Waals surface area contributed by atoms with Gasteiger partial charge in [-0.15, -0.1) is 11.8 Å². The van der Waals surface area contributed by atoms with Gasteiger partial charge in [0.15, 0.2) is 0 Å². The van der Waals surface area contributed by atoms with E-state index in [0.29, 0.717) is 0 Å². The van der Waals surface area contributed by atoms with Crippen molar-refractivity contribution in [3.05, 3.63) is 30.3 Å². The third-order valence-electron chi connectivity index (χ3n) is 3.16. The highest BCUT2D eigenvalue weighted by atomic mass is 32.2. The summed E-state index contributed by atoms with van der Waals surface area (Å²) in [4.78, 5) is 25.6. The largest absolute Gasteiger partial charge is 0.459 e. The Hall–Kier alpha value is -1.29. The molecule has 0 aliphatic carbocycles. The molecule has 0 N–H and O–H groups in total. The summed E-state index contributed by atoms with van der Waals surface area (Å²) in [6.07, 6.45) is 0. The second-order valence-corrected chi connectivity index (χ2v) is 7.98. The monoisotopic (exact) mass is 322 g/mol. The molecular formula is C18H26O3S. The Morgan fingerprint density at radius 2 is 1.64 bits per heavy atom. The molecule has 0 radical (unpaired) electrons. The second kappa shape index (κ2) is 7.82. The molecule has 0 amide bonds. The van der Waals surface area contributed by atoms with Crippen LogP contribution in [0.3, 0.4) is 0 Å². The summed E-state index contributed by atoms with van der Waals surface area (Å²) in [5, 5.41) is -0.529. The molecule has 2 atom stereocenters. The van der Waals surface area contributed by atoms with E-state index >= 15 is 0 Å². The van der Waals surface area contributed by atoms with Crippen LogP contribution in [0.1, 0.15) is 41.5 Å². The summed E-state index contributed by atoms with van der Waals surface area (Å²) >= 11 is 1.41. The third kappa shape index (κ3) is 5.84. The van der Waals surface area contributed by atoms with Gasteiger partial charge in [0, 0.05) is 10.8 Å². The minimum Gasteiger partial charge on any atom is -0.459 e. The second-order valence-electron chi connectivity index (χ2n) is 6.77. The lowest BCUT2D eigenvalue weighted by Gasteiger charge is -2.29. The van der Waals surface area contributed by atoms with Gasteiger partial charge in [0.05, 0.1) is 0 Å². The van der Waals surface area contributed by atoms with E-state index in [-0.39, 0.29) is 23.6 Å². The number of hydrogen-bond donors (Lipinski definition) is 0. The lowest BCUT2D eigenvalue weighted by molar-refractivity contribution is -0.156. The number of esters is 1. The van der Waals surface area contributed by atoms with Crippen LogP contribution in [0.5, 0.6) is 0 Å². The summed E-state index contributed by atoms with van der Waals surface area (Å²) in [5.74, 6) is -0.587. The van der Waals surface area contributed by atoms with Crippen molar-refractivity contribution in [2.75, 3.05) is 0 Å². The number of hydrogen-bond acceptors (Lipinski definition) is 4. The van der Waals surface area contributed by atoms with E-state index in [1.54, 1.807) is 6.92 Å². The molecule has 0 aliphatic rings. The van der Waals surface area contributed by atoms with Gasteiger partial charge in [0.2, 0.25) is 0 Å². The molecule has 0 saturated carbocycles. The Kier molecular flexibility index (Phi) is 6.66. The maximum absolute atomic E-state index is 12.6. The Labute approximate surface area is 137 Å². The lowest BCUT2D eigenvalue weighted by atomic mass is 9.88. The van der Waals surface area contributed by atoms with Gasteiger partial charge in [-0.25, -0.2) is 0 Å². The van der Waals surface area contributed by atoms with Gasteiger partial charge >= 0.3 is 5.97 Å². The van der Waals surface area contributed by atoms with Gasteiger partial charge in [-0.3, -0.25) is 9.59 Å². The maximum Gasteiger partial charge on any atom is 0.320 e. The number of Topliss-reactive ketones (excluding diaryl/α,β-unsaturated/α-hetero) is 1. The number of carbonyl (C=O) groups excluding carboxylic acids is 2. The fourth-order valence-corrected chi connectivity index (χ4v) is 3.71. The molecule has 1 rings (SSSR count). The van der Waals surface area contributed by atoms with Gasteiger partial charge in [0.25, 0.3) is 0 Å². The van der Waals surface area contributed by atoms with E-state index in [1.807, 2.05) is 65.0 Å². The smallest absolute Gasteiger partial charge is 0.320 e. The first-order valence-corrected chi connectivity index (χ1v) is 8.45. The highest BCUT2D eigenvalue weighted by molar-refractivity contribution is 8.00.